The summed E-state index contributed by atoms with van der Waals surface area (Å²) in [5.41, 5.74) is 7.37. The van der Waals surface area contributed by atoms with Crippen LogP contribution in [0.15, 0.2) is 16.9 Å². The van der Waals surface area contributed by atoms with Gasteiger partial charge in [-0.05, 0) is 31.7 Å². The smallest absolute Gasteiger partial charge is 0.253 e. The largest absolute Gasteiger partial charge is 0.399 e. The molecule has 3 nitrogen and oxygen atoms in total. The zero-order valence-corrected chi connectivity index (χ0v) is 8.49. The Morgan fingerprint density at radius 2 is 2.21 bits per heavy atom. The fraction of sp³-hybridized carbons (Fsp3) is 0.545. The van der Waals surface area contributed by atoms with Gasteiger partial charge in [0.15, 0.2) is 0 Å². The molecule has 0 spiro atoms. The van der Waals surface area contributed by atoms with Crippen LogP contribution in [0.25, 0.3) is 0 Å². The van der Waals surface area contributed by atoms with Crippen LogP contribution in [0.2, 0.25) is 0 Å². The predicted octanol–water partition coefficient (Wildman–Crippen LogP) is 1.72. The number of nitrogens with two attached hydrogens (primary N) is 1. The number of pyridine rings is 1. The Morgan fingerprint density at radius 1 is 1.50 bits per heavy atom. The minimum absolute atomic E-state index is 0.0616. The van der Waals surface area contributed by atoms with Gasteiger partial charge in [-0.1, -0.05) is 6.92 Å². The molecule has 0 radical (unpaired) electrons. The first-order valence-corrected chi connectivity index (χ1v) is 5.23. The first kappa shape index (κ1) is 9.31. The zero-order chi connectivity index (χ0) is 10.1. The summed E-state index contributed by atoms with van der Waals surface area (Å²) in [6.45, 7) is 2.06. The number of anilines is 1. The number of hydrogen-bond acceptors (Lipinski definition) is 2. The normalized spacial score (nSPS) is 16.6. The van der Waals surface area contributed by atoms with Crippen molar-refractivity contribution < 1.29 is 0 Å². The molecule has 1 fully saturated rings. The lowest BCUT2D eigenvalue weighted by Gasteiger charge is -2.30. The van der Waals surface area contributed by atoms with Crippen molar-refractivity contribution in [1.82, 2.24) is 4.57 Å². The first-order chi connectivity index (χ1) is 6.72. The summed E-state index contributed by atoms with van der Waals surface area (Å²) in [7, 11) is 0. The highest BCUT2D eigenvalue weighted by Crippen LogP contribution is 2.31. The zero-order valence-electron chi connectivity index (χ0n) is 8.49. The van der Waals surface area contributed by atoms with Crippen molar-refractivity contribution in [3.63, 3.8) is 0 Å². The molecule has 1 aliphatic rings. The van der Waals surface area contributed by atoms with E-state index in [2.05, 4.69) is 6.92 Å². The van der Waals surface area contributed by atoms with E-state index in [1.165, 1.54) is 12.5 Å². The van der Waals surface area contributed by atoms with E-state index in [1.54, 1.807) is 0 Å². The minimum Gasteiger partial charge on any atom is -0.399 e. The Balaban J connectivity index is 2.50. The molecule has 0 aliphatic heterocycles. The summed E-state index contributed by atoms with van der Waals surface area (Å²) in [4.78, 5) is 11.7. The second kappa shape index (κ2) is 3.48. The van der Waals surface area contributed by atoms with Crippen LogP contribution in [-0.4, -0.2) is 4.57 Å². The lowest BCUT2D eigenvalue weighted by molar-refractivity contribution is 0.300. The van der Waals surface area contributed by atoms with E-state index in [-0.39, 0.29) is 5.56 Å². The van der Waals surface area contributed by atoms with E-state index >= 15 is 0 Å². The predicted molar refractivity (Wildman–Crippen MR) is 57.4 cm³/mol. The molecule has 1 aromatic rings. The Bertz CT molecular complexity index is 391. The first-order valence-electron chi connectivity index (χ1n) is 5.23. The molecular weight excluding hydrogens is 176 g/mol. The SMILES string of the molecule is CCc1cc(N)cc(=O)n1C1CCC1. The van der Waals surface area contributed by atoms with Crippen molar-refractivity contribution in [1.29, 1.82) is 0 Å². The van der Waals surface area contributed by atoms with Crippen molar-refractivity contribution in [3.05, 3.63) is 28.2 Å². The fourth-order valence-corrected chi connectivity index (χ4v) is 1.99. The fourth-order valence-electron chi connectivity index (χ4n) is 1.99. The molecule has 1 heterocycles. The monoisotopic (exact) mass is 192 g/mol. The van der Waals surface area contributed by atoms with Crippen LogP contribution in [0.5, 0.6) is 0 Å². The van der Waals surface area contributed by atoms with Crippen LogP contribution in [0.1, 0.15) is 37.9 Å². The van der Waals surface area contributed by atoms with Gasteiger partial charge in [0.05, 0.1) is 0 Å². The Morgan fingerprint density at radius 3 is 2.71 bits per heavy atom. The van der Waals surface area contributed by atoms with Gasteiger partial charge in [-0.3, -0.25) is 4.79 Å². The summed E-state index contributed by atoms with van der Waals surface area (Å²) >= 11 is 0. The molecule has 2 N–H and O–H groups in total. The molecule has 0 saturated heterocycles. The molecule has 1 aliphatic carbocycles. The van der Waals surface area contributed by atoms with Crippen LogP contribution in [0.3, 0.4) is 0 Å². The molecule has 3 heteroatoms. The minimum atomic E-state index is 0.0616. The Labute approximate surface area is 83.5 Å². The van der Waals surface area contributed by atoms with E-state index in [0.29, 0.717) is 11.7 Å². The van der Waals surface area contributed by atoms with E-state index in [4.69, 9.17) is 5.73 Å². The Hall–Kier alpha value is -1.25. The summed E-state index contributed by atoms with van der Waals surface area (Å²) in [6.07, 6.45) is 4.38. The standard InChI is InChI=1S/C11H16N2O/c1-2-9-6-8(12)7-11(14)13(9)10-4-3-5-10/h6-7,10H,2-5,12H2,1H3. The summed E-state index contributed by atoms with van der Waals surface area (Å²) in [5.74, 6) is 0. The van der Waals surface area contributed by atoms with E-state index < -0.39 is 0 Å². The number of rotatable bonds is 2. The van der Waals surface area contributed by atoms with Crippen molar-refractivity contribution in [2.45, 2.75) is 38.6 Å². The lowest BCUT2D eigenvalue weighted by Crippen LogP contribution is -2.31. The maximum atomic E-state index is 11.7. The molecule has 14 heavy (non-hydrogen) atoms. The van der Waals surface area contributed by atoms with Crippen molar-refractivity contribution >= 4 is 5.69 Å². The van der Waals surface area contributed by atoms with Gasteiger partial charge in [-0.25, -0.2) is 0 Å². The van der Waals surface area contributed by atoms with Crippen LogP contribution in [0.4, 0.5) is 5.69 Å². The maximum absolute atomic E-state index is 11.7. The van der Waals surface area contributed by atoms with Gasteiger partial charge in [-0.2, -0.15) is 0 Å². The summed E-state index contributed by atoms with van der Waals surface area (Å²) in [6, 6.07) is 3.87. The van der Waals surface area contributed by atoms with Gasteiger partial charge in [0.1, 0.15) is 0 Å². The summed E-state index contributed by atoms with van der Waals surface area (Å²) in [5, 5.41) is 0. The van der Waals surface area contributed by atoms with Crippen molar-refractivity contribution in [3.8, 4) is 0 Å². The number of nitrogen functional groups attached to an aromatic ring is 1. The average molecular weight is 192 g/mol. The molecule has 1 aromatic heterocycles. The Kier molecular flexibility index (Phi) is 2.32. The molecule has 0 atom stereocenters. The van der Waals surface area contributed by atoms with Crippen LogP contribution in [0, 0.1) is 0 Å². The van der Waals surface area contributed by atoms with E-state index in [9.17, 15) is 4.79 Å². The molecule has 2 rings (SSSR count). The maximum Gasteiger partial charge on any atom is 0.253 e. The van der Waals surface area contributed by atoms with Gasteiger partial charge in [-0.15, -0.1) is 0 Å². The molecular formula is C11H16N2O. The molecule has 76 valence electrons. The average Bonchev–Trinajstić information content (AvgIpc) is 2.05. The quantitative estimate of drug-likeness (QED) is 0.775. The van der Waals surface area contributed by atoms with Crippen molar-refractivity contribution in [2.75, 3.05) is 5.73 Å². The molecule has 0 amide bonds. The third-order valence-corrected chi connectivity index (χ3v) is 2.97. The summed E-state index contributed by atoms with van der Waals surface area (Å²) < 4.78 is 1.92. The third-order valence-electron chi connectivity index (χ3n) is 2.97. The molecule has 0 bridgehead atoms. The molecule has 0 unspecified atom stereocenters. The van der Waals surface area contributed by atoms with Crippen molar-refractivity contribution in [2.24, 2.45) is 0 Å². The van der Waals surface area contributed by atoms with Crippen LogP contribution < -0.4 is 11.3 Å². The van der Waals surface area contributed by atoms with Crippen LogP contribution >= 0.6 is 0 Å². The number of aryl methyl sites for hydroxylation is 1. The van der Waals surface area contributed by atoms with Gasteiger partial charge in [0, 0.05) is 23.5 Å². The highest BCUT2D eigenvalue weighted by molar-refractivity contribution is 5.38. The highest BCUT2D eigenvalue weighted by atomic mass is 16.1. The van der Waals surface area contributed by atoms with E-state index in [0.717, 1.165) is 25.0 Å². The van der Waals surface area contributed by atoms with Crippen LogP contribution in [-0.2, 0) is 6.42 Å². The second-order valence-corrected chi connectivity index (χ2v) is 3.93. The second-order valence-electron chi connectivity index (χ2n) is 3.93. The van der Waals surface area contributed by atoms with E-state index in [1.807, 2.05) is 10.6 Å². The number of aromatic nitrogens is 1. The highest BCUT2D eigenvalue weighted by Gasteiger charge is 2.22. The van der Waals surface area contributed by atoms with Gasteiger partial charge < -0.3 is 10.3 Å². The number of nitrogens with zero attached hydrogens (tertiary/aromatic N) is 1. The third kappa shape index (κ3) is 1.43. The topological polar surface area (TPSA) is 48.0 Å². The van der Waals surface area contributed by atoms with Gasteiger partial charge in [0.25, 0.3) is 5.56 Å². The number of hydrogen-bond donors (Lipinski definition) is 1. The van der Waals surface area contributed by atoms with Gasteiger partial charge in [0.2, 0.25) is 0 Å². The molecule has 1 saturated carbocycles. The molecule has 0 aromatic carbocycles. The van der Waals surface area contributed by atoms with Gasteiger partial charge >= 0.3 is 0 Å². The lowest BCUT2D eigenvalue weighted by atomic mass is 9.92.